The molecule has 0 unspecified atom stereocenters. The molecule has 0 fully saturated rings. The number of nitrogens with zero attached hydrogens (tertiary/aromatic N) is 1. The highest BCUT2D eigenvalue weighted by atomic mass is 16.6. The van der Waals surface area contributed by atoms with Gasteiger partial charge in [-0.2, -0.15) is 0 Å². The van der Waals surface area contributed by atoms with Gasteiger partial charge in [0.05, 0.1) is 16.8 Å². The van der Waals surface area contributed by atoms with Crippen LogP contribution in [0.3, 0.4) is 0 Å². The van der Waals surface area contributed by atoms with Crippen molar-refractivity contribution in [1.29, 1.82) is 0 Å². The van der Waals surface area contributed by atoms with Crippen molar-refractivity contribution in [1.82, 2.24) is 4.57 Å². The highest BCUT2D eigenvalue weighted by Gasteiger charge is 2.25. The van der Waals surface area contributed by atoms with Gasteiger partial charge in [-0.3, -0.25) is 4.79 Å². The van der Waals surface area contributed by atoms with Gasteiger partial charge >= 0.3 is 12.1 Å². The molecule has 0 aliphatic rings. The topological polar surface area (TPSA) is 85.6 Å². The summed E-state index contributed by atoms with van der Waals surface area (Å²) >= 11 is 0. The van der Waals surface area contributed by atoms with E-state index in [0.29, 0.717) is 11.2 Å². The lowest BCUT2D eigenvalue weighted by Crippen LogP contribution is -2.28. The van der Waals surface area contributed by atoms with Crippen LogP contribution in [-0.2, 0) is 14.3 Å². The van der Waals surface area contributed by atoms with Crippen molar-refractivity contribution < 1.29 is 24.2 Å². The average molecular weight is 369 g/mol. The van der Waals surface area contributed by atoms with Crippen molar-refractivity contribution in [3.8, 4) is 0 Å². The molecule has 0 atom stereocenters. The third-order valence-electron chi connectivity index (χ3n) is 3.80. The summed E-state index contributed by atoms with van der Waals surface area (Å²) in [4.78, 5) is 36.5. The maximum atomic E-state index is 12.8. The van der Waals surface area contributed by atoms with Crippen LogP contribution in [0.4, 0.5) is 4.79 Å². The van der Waals surface area contributed by atoms with Gasteiger partial charge < -0.3 is 9.84 Å². The Hall–Kier alpha value is -3.15. The number of carbonyl (C=O) groups is 3. The number of ether oxygens (including phenoxy) is 1. The molecule has 0 aliphatic heterocycles. The molecule has 0 radical (unpaired) electrons. The first-order valence-corrected chi connectivity index (χ1v) is 8.51. The van der Waals surface area contributed by atoms with Gasteiger partial charge in [0.1, 0.15) is 5.60 Å². The van der Waals surface area contributed by atoms with Crippen molar-refractivity contribution >= 4 is 34.3 Å². The minimum atomic E-state index is -1.16. The molecule has 0 amide bonds. The van der Waals surface area contributed by atoms with Crippen LogP contribution in [-0.4, -0.2) is 33.1 Å². The number of carbonyl (C=O) groups excluding carboxylic acids is 2. The Morgan fingerprint density at radius 2 is 1.78 bits per heavy atom. The van der Waals surface area contributed by atoms with Crippen molar-refractivity contribution in [3.63, 3.8) is 0 Å². The summed E-state index contributed by atoms with van der Waals surface area (Å²) < 4.78 is 6.80. The van der Waals surface area contributed by atoms with Gasteiger partial charge in [0.2, 0.25) is 0 Å². The van der Waals surface area contributed by atoms with Crippen LogP contribution in [0.15, 0.2) is 48.1 Å². The number of benzene rings is 1. The van der Waals surface area contributed by atoms with E-state index in [1.165, 1.54) is 23.6 Å². The molecule has 6 nitrogen and oxygen atoms in total. The molecule has 6 heteroatoms. The van der Waals surface area contributed by atoms with E-state index in [4.69, 9.17) is 4.74 Å². The molecular formula is C21H23NO5. The summed E-state index contributed by atoms with van der Waals surface area (Å²) in [6, 6.07) is 8.83. The second-order valence-corrected chi connectivity index (χ2v) is 7.07. The maximum absolute atomic E-state index is 12.8. The first kappa shape index (κ1) is 20.2. The fourth-order valence-corrected chi connectivity index (χ4v) is 2.64. The smallest absolute Gasteiger partial charge is 0.419 e. The molecule has 2 rings (SSSR count). The second kappa shape index (κ2) is 7.61. The van der Waals surface area contributed by atoms with Gasteiger partial charge in [0.15, 0.2) is 5.78 Å². The van der Waals surface area contributed by atoms with Crippen LogP contribution >= 0.6 is 0 Å². The summed E-state index contributed by atoms with van der Waals surface area (Å²) in [7, 11) is 0. The summed E-state index contributed by atoms with van der Waals surface area (Å²) in [5.41, 5.74) is 0.216. The number of ketones is 1. The zero-order valence-corrected chi connectivity index (χ0v) is 16.1. The molecule has 0 saturated carbocycles. The SMILES string of the molecule is CC=C(/C=C(\C(C)=O)c1cc2ccccc2n1C(=O)OC(C)(C)C)C(=O)O. The number of hydrogen-bond acceptors (Lipinski definition) is 4. The highest BCUT2D eigenvalue weighted by molar-refractivity contribution is 6.22. The van der Waals surface area contributed by atoms with Crippen molar-refractivity contribution in [2.24, 2.45) is 0 Å². The Balaban J connectivity index is 2.77. The Morgan fingerprint density at radius 1 is 1.15 bits per heavy atom. The summed E-state index contributed by atoms with van der Waals surface area (Å²) in [6.07, 6.45) is 2.04. The quantitative estimate of drug-likeness (QED) is 0.636. The van der Waals surface area contributed by atoms with Crippen molar-refractivity contribution in [2.45, 2.75) is 40.2 Å². The number of carboxylic acids is 1. The molecule has 142 valence electrons. The van der Waals surface area contributed by atoms with Gasteiger partial charge in [0, 0.05) is 11.0 Å². The molecule has 0 aliphatic carbocycles. The first-order valence-electron chi connectivity index (χ1n) is 8.51. The third-order valence-corrected chi connectivity index (χ3v) is 3.80. The molecule has 2 aromatic rings. The Morgan fingerprint density at radius 3 is 2.30 bits per heavy atom. The normalized spacial score (nSPS) is 12.9. The molecule has 0 bridgehead atoms. The van der Waals surface area contributed by atoms with Crippen LogP contribution < -0.4 is 0 Å². The fourth-order valence-electron chi connectivity index (χ4n) is 2.64. The average Bonchev–Trinajstić information content (AvgIpc) is 2.92. The number of aliphatic carboxylic acids is 1. The largest absolute Gasteiger partial charge is 0.478 e. The molecule has 27 heavy (non-hydrogen) atoms. The predicted molar refractivity (Wildman–Crippen MR) is 104 cm³/mol. The second-order valence-electron chi connectivity index (χ2n) is 7.07. The van der Waals surface area contributed by atoms with E-state index in [-0.39, 0.29) is 16.9 Å². The number of allylic oxidation sites excluding steroid dienone is 2. The van der Waals surface area contributed by atoms with Gasteiger partial charge in [-0.15, -0.1) is 0 Å². The summed E-state index contributed by atoms with van der Waals surface area (Å²) in [5.74, 6) is -1.51. The number of fused-ring (bicyclic) bond motifs is 1. The zero-order valence-electron chi connectivity index (χ0n) is 16.1. The van der Waals surface area contributed by atoms with Crippen LogP contribution in [0.25, 0.3) is 16.5 Å². The third kappa shape index (κ3) is 4.53. The van der Waals surface area contributed by atoms with E-state index in [0.717, 1.165) is 5.39 Å². The molecule has 0 spiro atoms. The van der Waals surface area contributed by atoms with E-state index in [1.54, 1.807) is 45.9 Å². The predicted octanol–water partition coefficient (Wildman–Crippen LogP) is 4.43. The Labute approximate surface area is 157 Å². The van der Waals surface area contributed by atoms with Gasteiger partial charge in [0.25, 0.3) is 0 Å². The van der Waals surface area contributed by atoms with Crippen LogP contribution in [0.1, 0.15) is 40.3 Å². The lowest BCUT2D eigenvalue weighted by Gasteiger charge is -2.21. The minimum Gasteiger partial charge on any atom is -0.478 e. The lowest BCUT2D eigenvalue weighted by molar-refractivity contribution is -0.132. The fraction of sp³-hybridized carbons (Fsp3) is 0.286. The highest BCUT2D eigenvalue weighted by Crippen LogP contribution is 2.28. The van der Waals surface area contributed by atoms with Crippen LogP contribution in [0.2, 0.25) is 0 Å². The Kier molecular flexibility index (Phi) is 5.69. The van der Waals surface area contributed by atoms with Crippen LogP contribution in [0, 0.1) is 0 Å². The van der Waals surface area contributed by atoms with Crippen molar-refractivity contribution in [3.05, 3.63) is 53.8 Å². The summed E-state index contributed by atoms with van der Waals surface area (Å²) in [6.45, 7) is 8.15. The van der Waals surface area contributed by atoms with E-state index >= 15 is 0 Å². The molecule has 0 saturated heterocycles. The van der Waals surface area contributed by atoms with E-state index in [2.05, 4.69) is 0 Å². The molecule has 1 N–H and O–H groups in total. The molecule has 1 heterocycles. The van der Waals surface area contributed by atoms with E-state index < -0.39 is 17.7 Å². The zero-order chi connectivity index (χ0) is 20.4. The minimum absolute atomic E-state index is 0.0406. The monoisotopic (exact) mass is 369 g/mol. The van der Waals surface area contributed by atoms with E-state index in [9.17, 15) is 19.5 Å². The number of para-hydroxylation sites is 1. The lowest BCUT2D eigenvalue weighted by atomic mass is 10.0. The van der Waals surface area contributed by atoms with Gasteiger partial charge in [-0.25, -0.2) is 14.2 Å². The van der Waals surface area contributed by atoms with Gasteiger partial charge in [-0.05, 0) is 52.8 Å². The number of rotatable bonds is 4. The number of carboxylic acid groups (broad SMARTS) is 1. The van der Waals surface area contributed by atoms with Crippen molar-refractivity contribution in [2.75, 3.05) is 0 Å². The molecule has 1 aromatic carbocycles. The number of aromatic nitrogens is 1. The van der Waals surface area contributed by atoms with Crippen LogP contribution in [0.5, 0.6) is 0 Å². The molecular weight excluding hydrogens is 346 g/mol. The maximum Gasteiger partial charge on any atom is 0.419 e. The summed E-state index contributed by atoms with van der Waals surface area (Å²) in [5, 5.41) is 10.0. The first-order chi connectivity index (χ1) is 12.5. The number of hydrogen-bond donors (Lipinski definition) is 1. The standard InChI is InChI=1S/C21H23NO5/c1-6-14(19(24)25)11-16(13(2)23)18-12-15-9-7-8-10-17(15)22(18)20(26)27-21(3,4)5/h6-12H,1-5H3,(H,24,25)/b14-6?,16-11+. The van der Waals surface area contributed by atoms with Gasteiger partial charge in [-0.1, -0.05) is 24.3 Å². The van der Waals surface area contributed by atoms with E-state index in [1.807, 2.05) is 12.1 Å². The Bertz CT molecular complexity index is 970. The molecule has 1 aromatic heterocycles. The number of Topliss-reactive ketones (excluding diaryl/α,β-unsaturated/α-hetero) is 1.